The predicted molar refractivity (Wildman–Crippen MR) is 99.2 cm³/mol. The first-order chi connectivity index (χ1) is 12.6. The van der Waals surface area contributed by atoms with Gasteiger partial charge in [-0.15, -0.1) is 12.4 Å². The third-order valence-electron chi connectivity index (χ3n) is 5.69. The van der Waals surface area contributed by atoms with E-state index in [1.807, 2.05) is 12.1 Å². The molecule has 27 heavy (non-hydrogen) atoms. The van der Waals surface area contributed by atoms with Crippen LogP contribution in [0.3, 0.4) is 0 Å². The first-order valence-corrected chi connectivity index (χ1v) is 9.03. The molecule has 4 aliphatic rings. The molecule has 144 valence electrons. The highest BCUT2D eigenvalue weighted by atomic mass is 35.5. The van der Waals surface area contributed by atoms with Crippen molar-refractivity contribution in [2.24, 2.45) is 0 Å². The third-order valence-corrected chi connectivity index (χ3v) is 5.69. The molecule has 0 aliphatic carbocycles. The number of nitrogens with one attached hydrogen (secondary N) is 2. The van der Waals surface area contributed by atoms with Crippen molar-refractivity contribution in [1.29, 1.82) is 0 Å². The van der Waals surface area contributed by atoms with Crippen molar-refractivity contribution < 1.29 is 19.1 Å². The molecule has 9 heteroatoms. The number of rotatable bonds is 1. The largest absolute Gasteiger partial charge is 0.489 e. The van der Waals surface area contributed by atoms with E-state index in [1.165, 1.54) is 0 Å². The second kappa shape index (κ2) is 6.69. The highest BCUT2D eigenvalue weighted by molar-refractivity contribution is 6.05. The van der Waals surface area contributed by atoms with E-state index >= 15 is 0 Å². The predicted octanol–water partition coefficient (Wildman–Crippen LogP) is 0.0400. The minimum absolute atomic E-state index is 0. The molecule has 0 spiro atoms. The lowest BCUT2D eigenvalue weighted by molar-refractivity contribution is -0.136. The zero-order valence-electron chi connectivity index (χ0n) is 14.7. The fourth-order valence-electron chi connectivity index (χ4n) is 4.34. The molecule has 2 N–H and O–H groups in total. The highest BCUT2D eigenvalue weighted by Gasteiger charge is 2.40. The number of anilines is 1. The molecule has 3 amide bonds. The van der Waals surface area contributed by atoms with E-state index in [9.17, 15) is 14.4 Å². The van der Waals surface area contributed by atoms with Gasteiger partial charge in [0.25, 0.3) is 5.91 Å². The van der Waals surface area contributed by atoms with Crippen molar-refractivity contribution in [3.8, 4) is 5.75 Å². The maximum atomic E-state index is 12.9. The number of imide groups is 1. The van der Waals surface area contributed by atoms with E-state index in [2.05, 4.69) is 15.5 Å². The molecule has 8 nitrogen and oxygen atoms in total. The van der Waals surface area contributed by atoms with Gasteiger partial charge in [-0.1, -0.05) is 0 Å². The molecule has 0 radical (unpaired) electrons. The van der Waals surface area contributed by atoms with Crippen LogP contribution in [0.25, 0.3) is 0 Å². The van der Waals surface area contributed by atoms with E-state index < -0.39 is 6.04 Å². The van der Waals surface area contributed by atoms with E-state index in [-0.39, 0.29) is 36.5 Å². The lowest BCUT2D eigenvalue weighted by Gasteiger charge is -2.42. The summed E-state index contributed by atoms with van der Waals surface area (Å²) in [5.74, 6) is -0.0849. The Morgan fingerprint density at radius 2 is 2.00 bits per heavy atom. The quantitative estimate of drug-likeness (QED) is 0.656. The first kappa shape index (κ1) is 18.1. The number of carbonyl (C=O) groups is 3. The molecular formula is C18H21ClN4O4. The molecule has 4 heterocycles. The Bertz CT molecular complexity index is 830. The average Bonchev–Trinajstić information content (AvgIpc) is 2.96. The summed E-state index contributed by atoms with van der Waals surface area (Å²) in [7, 11) is 0. The number of fused-ring (bicyclic) bond motifs is 4. The topological polar surface area (TPSA) is 91.0 Å². The van der Waals surface area contributed by atoms with Crippen LogP contribution < -0.4 is 20.3 Å². The second-order valence-corrected chi connectivity index (χ2v) is 7.24. The van der Waals surface area contributed by atoms with Gasteiger partial charge in [-0.2, -0.15) is 0 Å². The zero-order valence-corrected chi connectivity index (χ0v) is 15.5. The molecule has 0 saturated carbocycles. The van der Waals surface area contributed by atoms with Crippen LogP contribution in [0.4, 0.5) is 5.69 Å². The molecule has 0 unspecified atom stereocenters. The van der Waals surface area contributed by atoms with E-state index in [0.29, 0.717) is 31.2 Å². The van der Waals surface area contributed by atoms with Crippen LogP contribution in [0.2, 0.25) is 0 Å². The molecule has 0 bridgehead atoms. The maximum absolute atomic E-state index is 12.9. The number of piperidine rings is 1. The molecule has 2 fully saturated rings. The molecule has 0 aromatic heterocycles. The number of piperazine rings is 1. The Hall–Kier alpha value is -2.32. The van der Waals surface area contributed by atoms with Crippen molar-refractivity contribution in [3.63, 3.8) is 0 Å². The number of carbonyl (C=O) groups excluding carboxylic acids is 3. The number of ether oxygens (including phenoxy) is 1. The van der Waals surface area contributed by atoms with Crippen molar-refractivity contribution >= 4 is 35.8 Å². The molecular weight excluding hydrogens is 372 g/mol. The molecule has 2 atom stereocenters. The fourth-order valence-corrected chi connectivity index (χ4v) is 4.34. The Morgan fingerprint density at radius 1 is 1.15 bits per heavy atom. The molecule has 5 rings (SSSR count). The summed E-state index contributed by atoms with van der Waals surface area (Å²) in [6.07, 6.45) is 0.638. The standard InChI is InChI=1S/C18H20N4O4.ClH/c23-16-2-1-13(17(24)20-16)22-8-10-5-14-15(6-12(10)18(22)25)26-9-11-7-19-3-4-21(11)14;/h5-6,11,13,19H,1-4,7-9H2,(H,20,23,24);1H/t11-,13-;/m0./s1. The minimum atomic E-state index is -0.586. The third kappa shape index (κ3) is 2.83. The number of amides is 3. The van der Waals surface area contributed by atoms with Crippen molar-refractivity contribution in [3.05, 3.63) is 23.3 Å². The highest BCUT2D eigenvalue weighted by Crippen LogP contribution is 2.40. The van der Waals surface area contributed by atoms with Crippen molar-refractivity contribution in [1.82, 2.24) is 15.5 Å². The van der Waals surface area contributed by atoms with Gasteiger partial charge in [0.05, 0.1) is 11.7 Å². The Morgan fingerprint density at radius 3 is 2.81 bits per heavy atom. The smallest absolute Gasteiger partial charge is 0.255 e. The molecule has 4 aliphatic heterocycles. The Labute approximate surface area is 162 Å². The summed E-state index contributed by atoms with van der Waals surface area (Å²) in [4.78, 5) is 40.3. The van der Waals surface area contributed by atoms with Crippen LogP contribution >= 0.6 is 12.4 Å². The summed E-state index contributed by atoms with van der Waals surface area (Å²) in [6.45, 7) is 3.71. The number of halogens is 1. The van der Waals surface area contributed by atoms with E-state index in [4.69, 9.17) is 4.74 Å². The van der Waals surface area contributed by atoms with Gasteiger partial charge in [0.1, 0.15) is 18.4 Å². The fraction of sp³-hybridized carbons (Fsp3) is 0.500. The van der Waals surface area contributed by atoms with Gasteiger partial charge in [-0.05, 0) is 24.1 Å². The molecule has 1 aromatic rings. The monoisotopic (exact) mass is 392 g/mol. The Balaban J connectivity index is 0.00000180. The van der Waals surface area contributed by atoms with Gasteiger partial charge in [0.15, 0.2) is 0 Å². The van der Waals surface area contributed by atoms with Gasteiger partial charge in [0.2, 0.25) is 11.8 Å². The van der Waals surface area contributed by atoms with Crippen molar-refractivity contribution in [2.75, 3.05) is 31.1 Å². The van der Waals surface area contributed by atoms with Gasteiger partial charge >= 0.3 is 0 Å². The number of benzene rings is 1. The summed E-state index contributed by atoms with van der Waals surface area (Å²) in [6, 6.07) is 3.57. The number of hydrogen-bond acceptors (Lipinski definition) is 6. The molecule has 1 aromatic carbocycles. The summed E-state index contributed by atoms with van der Waals surface area (Å²) >= 11 is 0. The Kier molecular flexibility index (Phi) is 4.47. The van der Waals surface area contributed by atoms with Crippen LogP contribution in [-0.4, -0.2) is 60.9 Å². The van der Waals surface area contributed by atoms with Gasteiger partial charge < -0.3 is 19.9 Å². The van der Waals surface area contributed by atoms with Crippen LogP contribution in [0, 0.1) is 0 Å². The molecule has 2 saturated heterocycles. The van der Waals surface area contributed by atoms with E-state index in [0.717, 1.165) is 36.6 Å². The minimum Gasteiger partial charge on any atom is -0.489 e. The van der Waals surface area contributed by atoms with Crippen LogP contribution in [0.15, 0.2) is 12.1 Å². The van der Waals surface area contributed by atoms with Crippen LogP contribution in [0.5, 0.6) is 5.75 Å². The second-order valence-electron chi connectivity index (χ2n) is 7.24. The number of hydrogen-bond donors (Lipinski definition) is 2. The van der Waals surface area contributed by atoms with Crippen molar-refractivity contribution in [2.45, 2.75) is 31.5 Å². The van der Waals surface area contributed by atoms with Gasteiger partial charge in [-0.25, -0.2) is 0 Å². The summed E-state index contributed by atoms with van der Waals surface area (Å²) in [5.41, 5.74) is 2.54. The van der Waals surface area contributed by atoms with Crippen LogP contribution in [-0.2, 0) is 16.1 Å². The maximum Gasteiger partial charge on any atom is 0.255 e. The average molecular weight is 393 g/mol. The first-order valence-electron chi connectivity index (χ1n) is 9.03. The van der Waals surface area contributed by atoms with Crippen LogP contribution in [0.1, 0.15) is 28.8 Å². The number of nitrogens with zero attached hydrogens (tertiary/aromatic N) is 2. The SMILES string of the molecule is Cl.O=C1CC[C@H](N2Cc3cc4c(cc3C2=O)OC[C@@H]2CNCCN42)C(=O)N1. The normalized spacial score (nSPS) is 26.4. The lowest BCUT2D eigenvalue weighted by Crippen LogP contribution is -2.55. The van der Waals surface area contributed by atoms with Gasteiger partial charge in [-0.3, -0.25) is 19.7 Å². The van der Waals surface area contributed by atoms with Gasteiger partial charge in [0, 0.05) is 38.2 Å². The lowest BCUT2D eigenvalue weighted by atomic mass is 10.0. The summed E-state index contributed by atoms with van der Waals surface area (Å²) in [5, 5.41) is 5.71. The van der Waals surface area contributed by atoms with E-state index in [1.54, 1.807) is 4.90 Å². The summed E-state index contributed by atoms with van der Waals surface area (Å²) < 4.78 is 5.91. The zero-order chi connectivity index (χ0) is 17.8.